The molecule has 0 aliphatic heterocycles. The molecule has 22 heavy (non-hydrogen) atoms. The number of rotatable bonds is 4. The number of pyridine rings is 1. The van der Waals surface area contributed by atoms with Crippen molar-refractivity contribution >= 4 is 22.9 Å². The van der Waals surface area contributed by atoms with E-state index in [1.807, 2.05) is 24.3 Å². The van der Waals surface area contributed by atoms with Crippen LogP contribution in [0.2, 0.25) is 5.02 Å². The Bertz CT molecular complexity index is 866. The summed E-state index contributed by atoms with van der Waals surface area (Å²) < 4.78 is 7.08. The molecule has 0 unspecified atom stereocenters. The third-order valence-corrected chi connectivity index (χ3v) is 3.62. The van der Waals surface area contributed by atoms with Gasteiger partial charge in [0.2, 0.25) is 0 Å². The number of nitrogens with zero attached hydrogens (tertiary/aromatic N) is 3. The molecule has 0 saturated heterocycles. The first-order valence-electron chi connectivity index (χ1n) is 6.65. The number of benzene rings is 1. The van der Waals surface area contributed by atoms with E-state index in [0.717, 1.165) is 16.9 Å². The molecular weight excluding hydrogens is 300 g/mol. The normalized spacial score (nSPS) is 10.4. The molecule has 1 aromatic carbocycles. The molecule has 0 bridgehead atoms. The summed E-state index contributed by atoms with van der Waals surface area (Å²) >= 11 is 5.96. The second-order valence-corrected chi connectivity index (χ2v) is 5.11. The zero-order valence-corrected chi connectivity index (χ0v) is 12.6. The second kappa shape index (κ2) is 5.96. The van der Waals surface area contributed by atoms with Crippen molar-refractivity contribution in [3.8, 4) is 11.8 Å². The summed E-state index contributed by atoms with van der Waals surface area (Å²) in [5, 5.41) is 13.3. The minimum atomic E-state index is 0.517. The van der Waals surface area contributed by atoms with Gasteiger partial charge < -0.3 is 10.1 Å². The zero-order valence-electron chi connectivity index (χ0n) is 11.9. The summed E-state index contributed by atoms with van der Waals surface area (Å²) in [7, 11) is 1.60. The maximum atomic E-state index is 9.39. The highest BCUT2D eigenvalue weighted by Gasteiger charge is 2.09. The fourth-order valence-electron chi connectivity index (χ4n) is 2.31. The molecule has 5 nitrogen and oxygen atoms in total. The molecule has 3 rings (SSSR count). The first-order valence-corrected chi connectivity index (χ1v) is 7.03. The molecular formula is C16H13ClN4O. The number of hydrogen-bond acceptors (Lipinski definition) is 4. The minimum Gasteiger partial charge on any atom is -0.496 e. The minimum absolute atomic E-state index is 0.517. The third-order valence-electron chi connectivity index (χ3n) is 3.39. The van der Waals surface area contributed by atoms with Crippen LogP contribution in [0.4, 0.5) is 5.69 Å². The Kier molecular flexibility index (Phi) is 3.86. The maximum absolute atomic E-state index is 9.39. The highest BCUT2D eigenvalue weighted by molar-refractivity contribution is 6.30. The van der Waals surface area contributed by atoms with E-state index in [4.69, 9.17) is 16.3 Å². The summed E-state index contributed by atoms with van der Waals surface area (Å²) in [5.41, 5.74) is 2.96. The van der Waals surface area contributed by atoms with Crippen LogP contribution in [0.25, 0.3) is 5.65 Å². The van der Waals surface area contributed by atoms with Crippen molar-refractivity contribution in [1.29, 1.82) is 5.26 Å². The van der Waals surface area contributed by atoms with Gasteiger partial charge in [0.1, 0.15) is 23.2 Å². The maximum Gasteiger partial charge on any atom is 0.149 e. The van der Waals surface area contributed by atoms with Crippen molar-refractivity contribution in [2.24, 2.45) is 0 Å². The number of nitrogens with one attached hydrogen (secondary N) is 1. The lowest BCUT2D eigenvalue weighted by Crippen LogP contribution is -2.05. The summed E-state index contributed by atoms with van der Waals surface area (Å²) in [6.07, 6.45) is 3.43. The zero-order chi connectivity index (χ0) is 15.5. The van der Waals surface area contributed by atoms with E-state index in [0.29, 0.717) is 23.0 Å². The fourth-order valence-corrected chi connectivity index (χ4v) is 2.47. The number of nitriles is 1. The molecule has 2 aromatic heterocycles. The number of imidazole rings is 1. The van der Waals surface area contributed by atoms with E-state index in [-0.39, 0.29) is 0 Å². The van der Waals surface area contributed by atoms with Gasteiger partial charge >= 0.3 is 0 Å². The van der Waals surface area contributed by atoms with Crippen LogP contribution in [0, 0.1) is 11.3 Å². The molecule has 1 N–H and O–H groups in total. The Morgan fingerprint density at radius 1 is 1.36 bits per heavy atom. The predicted octanol–water partition coefficient (Wildman–Crippen LogP) is 3.48. The molecule has 0 atom stereocenters. The van der Waals surface area contributed by atoms with Crippen LogP contribution >= 0.6 is 11.6 Å². The predicted molar refractivity (Wildman–Crippen MR) is 85.2 cm³/mol. The van der Waals surface area contributed by atoms with Crippen LogP contribution in [0.5, 0.6) is 5.75 Å². The lowest BCUT2D eigenvalue weighted by molar-refractivity contribution is 0.410. The van der Waals surface area contributed by atoms with Crippen LogP contribution in [0.3, 0.4) is 0 Å². The topological polar surface area (TPSA) is 62.4 Å². The van der Waals surface area contributed by atoms with Crippen molar-refractivity contribution in [1.82, 2.24) is 9.38 Å². The van der Waals surface area contributed by atoms with E-state index in [1.54, 1.807) is 30.0 Å². The molecule has 0 spiro atoms. The molecule has 0 radical (unpaired) electrons. The molecule has 110 valence electrons. The number of aromatic nitrogens is 2. The number of methoxy groups -OCH3 is 1. The highest BCUT2D eigenvalue weighted by atomic mass is 35.5. The number of fused-ring (bicyclic) bond motifs is 1. The Morgan fingerprint density at radius 2 is 2.23 bits per heavy atom. The van der Waals surface area contributed by atoms with Crippen molar-refractivity contribution < 1.29 is 4.74 Å². The molecule has 0 aliphatic carbocycles. The molecule has 6 heteroatoms. The van der Waals surface area contributed by atoms with Crippen molar-refractivity contribution in [3.63, 3.8) is 0 Å². The van der Waals surface area contributed by atoms with Gasteiger partial charge in [-0.15, -0.1) is 0 Å². The van der Waals surface area contributed by atoms with Crippen LogP contribution < -0.4 is 10.1 Å². The third kappa shape index (κ3) is 2.57. The summed E-state index contributed by atoms with van der Waals surface area (Å²) in [6, 6.07) is 11.4. The highest BCUT2D eigenvalue weighted by Crippen LogP contribution is 2.25. The van der Waals surface area contributed by atoms with Crippen molar-refractivity contribution in [3.05, 3.63) is 59.0 Å². The van der Waals surface area contributed by atoms with Crippen molar-refractivity contribution in [2.45, 2.75) is 6.54 Å². The van der Waals surface area contributed by atoms with Crippen LogP contribution in [-0.2, 0) is 6.54 Å². The van der Waals surface area contributed by atoms with Crippen LogP contribution in [-0.4, -0.2) is 16.5 Å². The lowest BCUT2D eigenvalue weighted by atomic mass is 10.2. The van der Waals surface area contributed by atoms with Crippen LogP contribution in [0.1, 0.15) is 11.3 Å². The molecule has 3 aromatic rings. The largest absolute Gasteiger partial charge is 0.496 e. The summed E-state index contributed by atoms with van der Waals surface area (Å²) in [4.78, 5) is 4.17. The van der Waals surface area contributed by atoms with Gasteiger partial charge in [-0.3, -0.25) is 4.40 Å². The van der Waals surface area contributed by atoms with E-state index in [1.165, 1.54) is 0 Å². The molecule has 0 fully saturated rings. The van der Waals surface area contributed by atoms with E-state index in [2.05, 4.69) is 16.4 Å². The molecule has 2 heterocycles. The van der Waals surface area contributed by atoms with Gasteiger partial charge in [0.15, 0.2) is 0 Å². The number of ether oxygens (including phenoxy) is 1. The Labute approximate surface area is 132 Å². The molecule has 0 amide bonds. The van der Waals surface area contributed by atoms with Gasteiger partial charge in [-0.05, 0) is 24.3 Å². The Morgan fingerprint density at radius 3 is 3.00 bits per heavy atom. The number of hydrogen-bond donors (Lipinski definition) is 1. The van der Waals surface area contributed by atoms with E-state index >= 15 is 0 Å². The first-order chi connectivity index (χ1) is 10.7. The van der Waals surface area contributed by atoms with Gasteiger partial charge in [-0.25, -0.2) is 4.98 Å². The fraction of sp³-hybridized carbons (Fsp3) is 0.125. The number of anilines is 1. The molecule has 0 aliphatic rings. The smallest absolute Gasteiger partial charge is 0.149 e. The van der Waals surface area contributed by atoms with Gasteiger partial charge in [-0.2, -0.15) is 5.26 Å². The lowest BCUT2D eigenvalue weighted by Gasteiger charge is -2.12. The van der Waals surface area contributed by atoms with Gasteiger partial charge in [0, 0.05) is 29.5 Å². The monoisotopic (exact) mass is 312 g/mol. The van der Waals surface area contributed by atoms with E-state index in [9.17, 15) is 5.26 Å². The van der Waals surface area contributed by atoms with Crippen molar-refractivity contribution in [2.75, 3.05) is 12.4 Å². The second-order valence-electron chi connectivity index (χ2n) is 4.67. The quantitative estimate of drug-likeness (QED) is 0.801. The average molecular weight is 313 g/mol. The number of halogens is 1. The Hall–Kier alpha value is -2.71. The summed E-state index contributed by atoms with van der Waals surface area (Å²) in [6.45, 7) is 0.523. The first kappa shape index (κ1) is 14.2. The SMILES string of the molecule is COc1cc(Cl)ccc1CNc1ccc2nccn2c1C#N. The van der Waals surface area contributed by atoms with Gasteiger partial charge in [0.05, 0.1) is 12.8 Å². The summed E-state index contributed by atoms with van der Waals surface area (Å²) in [5.74, 6) is 0.710. The average Bonchev–Trinajstić information content (AvgIpc) is 3.01. The molecule has 0 saturated carbocycles. The Balaban J connectivity index is 1.90. The van der Waals surface area contributed by atoms with E-state index < -0.39 is 0 Å². The standard InChI is InChI=1S/C16H13ClN4O/c1-22-15-8-12(17)3-2-11(15)10-20-13-4-5-16-19-6-7-21(16)14(13)9-18/h2-8,20H,10H2,1H3. The van der Waals surface area contributed by atoms with Crippen LogP contribution in [0.15, 0.2) is 42.7 Å². The van der Waals surface area contributed by atoms with Gasteiger partial charge in [0.25, 0.3) is 0 Å². The van der Waals surface area contributed by atoms with Gasteiger partial charge in [-0.1, -0.05) is 17.7 Å².